The molecule has 1 saturated heterocycles. The van der Waals surface area contributed by atoms with Gasteiger partial charge >= 0.3 is 5.97 Å². The maximum absolute atomic E-state index is 12.5. The van der Waals surface area contributed by atoms with Crippen LogP contribution in [0.4, 0.5) is 0 Å². The number of amides is 2. The monoisotopic (exact) mass is 308 g/mol. The molecular weight excluding hydrogens is 292 g/mol. The zero-order valence-corrected chi connectivity index (χ0v) is 12.4. The zero-order valence-electron chi connectivity index (χ0n) is 11.5. The maximum atomic E-state index is 12.5. The Labute approximate surface area is 126 Å². The molecule has 112 valence electrons. The number of nitrogens with one attached hydrogen (secondary N) is 1. The molecule has 0 saturated carbocycles. The number of thioether (sulfide) groups is 1. The second-order valence-electron chi connectivity index (χ2n) is 4.72. The Morgan fingerprint density at radius 1 is 1.48 bits per heavy atom. The summed E-state index contributed by atoms with van der Waals surface area (Å²) < 4.78 is 0. The van der Waals surface area contributed by atoms with Gasteiger partial charge in [0.25, 0.3) is 5.91 Å². The first-order valence-corrected chi connectivity index (χ1v) is 7.80. The number of carbonyl (C=O) groups is 3. The molecule has 0 radical (unpaired) electrons. The van der Waals surface area contributed by atoms with Gasteiger partial charge in [0, 0.05) is 17.9 Å². The Balaban J connectivity index is 2.25. The normalized spacial score (nSPS) is 18.2. The highest BCUT2D eigenvalue weighted by molar-refractivity contribution is 7.97. The summed E-state index contributed by atoms with van der Waals surface area (Å²) in [6.07, 6.45) is 1.96. The first-order valence-electron chi connectivity index (χ1n) is 6.41. The van der Waals surface area contributed by atoms with Gasteiger partial charge in [-0.25, -0.2) is 4.79 Å². The fraction of sp³-hybridized carbons (Fsp3) is 0.357. The highest BCUT2D eigenvalue weighted by Crippen LogP contribution is 2.15. The van der Waals surface area contributed by atoms with Crippen molar-refractivity contribution in [1.29, 1.82) is 0 Å². The minimum absolute atomic E-state index is 0.0651. The van der Waals surface area contributed by atoms with Gasteiger partial charge in [-0.3, -0.25) is 9.59 Å². The summed E-state index contributed by atoms with van der Waals surface area (Å²) in [5.74, 6) is -1.13. The number of carbonyl (C=O) groups excluding carboxylic acids is 2. The molecule has 2 N–H and O–H groups in total. The molecule has 1 aliphatic heterocycles. The molecule has 1 fully saturated rings. The first kappa shape index (κ1) is 15.4. The topological polar surface area (TPSA) is 86.7 Å². The minimum Gasteiger partial charge on any atom is -0.480 e. The van der Waals surface area contributed by atoms with Crippen molar-refractivity contribution in [2.75, 3.05) is 19.3 Å². The summed E-state index contributed by atoms with van der Waals surface area (Å²) in [5.41, 5.74) is 1.39. The van der Waals surface area contributed by atoms with Crippen LogP contribution in [0.2, 0.25) is 0 Å². The van der Waals surface area contributed by atoms with E-state index in [1.54, 1.807) is 30.0 Å². The molecule has 1 aliphatic rings. The quantitative estimate of drug-likeness (QED) is 0.849. The number of rotatable bonds is 4. The van der Waals surface area contributed by atoms with Crippen molar-refractivity contribution >= 4 is 29.5 Å². The number of hydrogen-bond acceptors (Lipinski definition) is 4. The molecule has 1 heterocycles. The largest absolute Gasteiger partial charge is 0.480 e. The predicted octanol–water partition coefficient (Wildman–Crippen LogP) is 0.575. The van der Waals surface area contributed by atoms with Crippen LogP contribution in [-0.4, -0.2) is 53.2 Å². The average molecular weight is 308 g/mol. The highest BCUT2D eigenvalue weighted by atomic mass is 32.2. The molecule has 0 aromatic heterocycles. The summed E-state index contributed by atoms with van der Waals surface area (Å²) in [4.78, 5) is 36.3. The van der Waals surface area contributed by atoms with Gasteiger partial charge < -0.3 is 15.3 Å². The molecule has 7 heteroatoms. The van der Waals surface area contributed by atoms with Crippen molar-refractivity contribution in [3.8, 4) is 0 Å². The molecule has 2 amide bonds. The van der Waals surface area contributed by atoms with Gasteiger partial charge in [0.15, 0.2) is 0 Å². The standard InChI is InChI=1S/C14H16N2O4S/c1-21-8-9-3-2-4-10(5-9)13(18)16-7-12(17)15-6-11(16)14(19)20/h2-5,11H,6-8H2,1H3,(H,15,17)(H,19,20). The van der Waals surface area contributed by atoms with E-state index in [1.165, 1.54) is 0 Å². The van der Waals surface area contributed by atoms with Crippen LogP contribution < -0.4 is 5.32 Å². The Morgan fingerprint density at radius 3 is 2.90 bits per heavy atom. The van der Waals surface area contributed by atoms with E-state index in [9.17, 15) is 19.5 Å². The predicted molar refractivity (Wildman–Crippen MR) is 79.1 cm³/mol. The molecular formula is C14H16N2O4S. The van der Waals surface area contributed by atoms with Gasteiger partial charge in [-0.05, 0) is 24.0 Å². The van der Waals surface area contributed by atoms with E-state index in [0.717, 1.165) is 16.2 Å². The first-order chi connectivity index (χ1) is 10.0. The van der Waals surface area contributed by atoms with Crippen molar-refractivity contribution in [1.82, 2.24) is 10.2 Å². The molecule has 2 rings (SSSR count). The van der Waals surface area contributed by atoms with Crippen LogP contribution >= 0.6 is 11.8 Å². The minimum atomic E-state index is -1.12. The molecule has 21 heavy (non-hydrogen) atoms. The second-order valence-corrected chi connectivity index (χ2v) is 5.59. The van der Waals surface area contributed by atoms with Gasteiger partial charge in [-0.1, -0.05) is 12.1 Å². The molecule has 1 atom stereocenters. The fourth-order valence-electron chi connectivity index (χ4n) is 2.20. The van der Waals surface area contributed by atoms with Crippen LogP contribution in [0.1, 0.15) is 15.9 Å². The summed E-state index contributed by atoms with van der Waals surface area (Å²) in [6, 6.07) is 6.02. The van der Waals surface area contributed by atoms with Crippen molar-refractivity contribution < 1.29 is 19.5 Å². The van der Waals surface area contributed by atoms with Crippen molar-refractivity contribution in [2.24, 2.45) is 0 Å². The number of nitrogens with zero attached hydrogens (tertiary/aromatic N) is 1. The van der Waals surface area contributed by atoms with Gasteiger partial charge in [0.2, 0.25) is 5.91 Å². The SMILES string of the molecule is CSCc1cccc(C(=O)N2CC(=O)NCC2C(=O)O)c1. The smallest absolute Gasteiger partial charge is 0.328 e. The Hall–Kier alpha value is -2.02. The third-order valence-corrected chi connectivity index (χ3v) is 3.84. The van der Waals surface area contributed by atoms with E-state index < -0.39 is 17.9 Å². The summed E-state index contributed by atoms with van der Waals surface area (Å²) in [7, 11) is 0. The number of benzene rings is 1. The van der Waals surface area contributed by atoms with Crippen LogP contribution in [0.5, 0.6) is 0 Å². The molecule has 0 bridgehead atoms. The maximum Gasteiger partial charge on any atom is 0.328 e. The van der Waals surface area contributed by atoms with E-state index in [1.807, 2.05) is 12.3 Å². The number of hydrogen-bond donors (Lipinski definition) is 2. The van der Waals surface area contributed by atoms with Crippen LogP contribution in [-0.2, 0) is 15.3 Å². The zero-order chi connectivity index (χ0) is 15.4. The molecule has 1 aromatic carbocycles. The summed E-state index contributed by atoms with van der Waals surface area (Å²) in [6.45, 7) is -0.299. The molecule has 0 spiro atoms. The van der Waals surface area contributed by atoms with Crippen LogP contribution in [0, 0.1) is 0 Å². The Kier molecular flexibility index (Phi) is 4.85. The van der Waals surface area contributed by atoms with E-state index in [2.05, 4.69) is 5.32 Å². The van der Waals surface area contributed by atoms with Crippen molar-refractivity contribution in [2.45, 2.75) is 11.8 Å². The van der Waals surface area contributed by atoms with E-state index in [-0.39, 0.29) is 19.0 Å². The second kappa shape index (κ2) is 6.62. The lowest BCUT2D eigenvalue weighted by Gasteiger charge is -2.32. The number of aliphatic carboxylic acids is 1. The summed E-state index contributed by atoms with van der Waals surface area (Å²) in [5, 5.41) is 11.6. The van der Waals surface area contributed by atoms with Crippen molar-refractivity contribution in [3.63, 3.8) is 0 Å². The van der Waals surface area contributed by atoms with E-state index in [4.69, 9.17) is 0 Å². The fourth-order valence-corrected chi connectivity index (χ4v) is 2.72. The third-order valence-electron chi connectivity index (χ3n) is 3.21. The van der Waals surface area contributed by atoms with Crippen LogP contribution in [0.3, 0.4) is 0 Å². The van der Waals surface area contributed by atoms with Crippen LogP contribution in [0.15, 0.2) is 24.3 Å². The van der Waals surface area contributed by atoms with E-state index in [0.29, 0.717) is 5.56 Å². The van der Waals surface area contributed by atoms with Gasteiger partial charge in [-0.2, -0.15) is 11.8 Å². The van der Waals surface area contributed by atoms with Gasteiger partial charge in [0.1, 0.15) is 12.6 Å². The molecule has 1 aromatic rings. The highest BCUT2D eigenvalue weighted by Gasteiger charge is 2.35. The third kappa shape index (κ3) is 3.55. The Morgan fingerprint density at radius 2 is 2.24 bits per heavy atom. The Bertz CT molecular complexity index is 576. The molecule has 6 nitrogen and oxygen atoms in total. The number of piperazine rings is 1. The lowest BCUT2D eigenvalue weighted by molar-refractivity contribution is -0.144. The lowest BCUT2D eigenvalue weighted by Crippen LogP contribution is -2.59. The van der Waals surface area contributed by atoms with E-state index >= 15 is 0 Å². The molecule has 1 unspecified atom stereocenters. The molecule has 0 aliphatic carbocycles. The number of carboxylic acids is 1. The van der Waals surface area contributed by atoms with Gasteiger partial charge in [0.05, 0.1) is 0 Å². The van der Waals surface area contributed by atoms with Crippen molar-refractivity contribution in [3.05, 3.63) is 35.4 Å². The summed E-state index contributed by atoms with van der Waals surface area (Å²) >= 11 is 1.63. The van der Waals surface area contributed by atoms with Crippen LogP contribution in [0.25, 0.3) is 0 Å². The average Bonchev–Trinajstić information content (AvgIpc) is 2.46. The van der Waals surface area contributed by atoms with Gasteiger partial charge in [-0.15, -0.1) is 0 Å². The number of carboxylic acid groups (broad SMARTS) is 1. The lowest BCUT2D eigenvalue weighted by atomic mass is 10.1.